The number of benzene rings is 2. The van der Waals surface area contributed by atoms with Crippen LogP contribution in [-0.2, 0) is 16.1 Å². The van der Waals surface area contributed by atoms with Crippen LogP contribution in [0.4, 0.5) is 11.8 Å². The summed E-state index contributed by atoms with van der Waals surface area (Å²) in [6.45, 7) is 4.07. The molecule has 0 bridgehead atoms. The maximum atomic E-state index is 12.2. The number of nitrogens with zero attached hydrogens (tertiary/aromatic N) is 5. The summed E-state index contributed by atoms with van der Waals surface area (Å²) >= 11 is 6.31. The number of carbonyl (C=O) groups is 1. The van der Waals surface area contributed by atoms with Crippen LogP contribution in [0.1, 0.15) is 25.3 Å². The van der Waals surface area contributed by atoms with E-state index in [4.69, 9.17) is 37.1 Å². The Balaban J connectivity index is 1.54. The van der Waals surface area contributed by atoms with Gasteiger partial charge in [-0.15, -0.1) is 5.10 Å². The number of ether oxygens (including phenoxy) is 1. The van der Waals surface area contributed by atoms with Gasteiger partial charge in [0.05, 0.1) is 30.1 Å². The molecule has 0 amide bonds. The first kappa shape index (κ1) is 23.1. The molecule has 3 heterocycles. The van der Waals surface area contributed by atoms with Crippen molar-refractivity contribution in [2.45, 2.75) is 26.3 Å². The fraction of sp³-hybridized carbons (Fsp3) is 0.308. The molecule has 1 aliphatic rings. The Kier molecular flexibility index (Phi) is 6.55. The number of esters is 1. The fourth-order valence-electron chi connectivity index (χ4n) is 4.48. The molecule has 2 aromatic heterocycles. The first-order chi connectivity index (χ1) is 17.0. The summed E-state index contributed by atoms with van der Waals surface area (Å²) < 4.78 is 6.97. The molecule has 35 heavy (non-hydrogen) atoms. The van der Waals surface area contributed by atoms with Crippen molar-refractivity contribution in [2.24, 2.45) is 5.92 Å². The highest BCUT2D eigenvalue weighted by Crippen LogP contribution is 2.34. The lowest BCUT2D eigenvalue weighted by Gasteiger charge is -2.31. The van der Waals surface area contributed by atoms with E-state index in [0.717, 1.165) is 11.1 Å². The fourth-order valence-corrected chi connectivity index (χ4v) is 4.67. The number of aromatic nitrogens is 4. The van der Waals surface area contributed by atoms with Crippen molar-refractivity contribution in [1.29, 1.82) is 0 Å². The molecule has 180 valence electrons. The number of halogens is 1. The second kappa shape index (κ2) is 9.92. The topological polar surface area (TPSA) is 99.2 Å². The molecule has 1 aliphatic heterocycles. The van der Waals surface area contributed by atoms with E-state index in [2.05, 4.69) is 4.90 Å². The molecule has 5 rings (SSSR count). The van der Waals surface area contributed by atoms with Crippen molar-refractivity contribution in [3.8, 4) is 11.3 Å². The number of nitrogen functional groups attached to an aromatic ring is 1. The highest BCUT2D eigenvalue weighted by Gasteiger charge is 2.28. The van der Waals surface area contributed by atoms with Crippen LogP contribution in [0.3, 0.4) is 0 Å². The molecule has 4 aromatic rings. The lowest BCUT2D eigenvalue weighted by Crippen LogP contribution is -2.38. The summed E-state index contributed by atoms with van der Waals surface area (Å²) in [7, 11) is 0. The number of anilines is 2. The predicted molar refractivity (Wildman–Crippen MR) is 137 cm³/mol. The lowest BCUT2D eigenvalue weighted by molar-refractivity contribution is -0.148. The Hall–Kier alpha value is -3.65. The summed E-state index contributed by atoms with van der Waals surface area (Å²) in [6.07, 6.45) is 1.38. The molecule has 1 saturated heterocycles. The molecule has 0 aliphatic carbocycles. The second-order valence-corrected chi connectivity index (χ2v) is 9.06. The van der Waals surface area contributed by atoms with Crippen LogP contribution in [0.15, 0.2) is 54.6 Å². The molecule has 8 nitrogen and oxygen atoms in total. The minimum absolute atomic E-state index is 0.0944. The summed E-state index contributed by atoms with van der Waals surface area (Å²) in [4.78, 5) is 24.0. The van der Waals surface area contributed by atoms with Gasteiger partial charge in [-0.2, -0.15) is 4.98 Å². The second-order valence-electron chi connectivity index (χ2n) is 8.62. The molecular formula is C26H27ClN6O2. The average Bonchev–Trinajstić information content (AvgIpc) is 3.19. The number of piperidine rings is 1. The molecule has 0 unspecified atom stereocenters. The Morgan fingerprint density at radius 1 is 1.11 bits per heavy atom. The van der Waals surface area contributed by atoms with Gasteiger partial charge in [-0.1, -0.05) is 54.1 Å². The van der Waals surface area contributed by atoms with Gasteiger partial charge in [-0.25, -0.2) is 9.67 Å². The first-order valence-corrected chi connectivity index (χ1v) is 12.2. The van der Waals surface area contributed by atoms with Gasteiger partial charge in [-0.05, 0) is 37.5 Å². The van der Waals surface area contributed by atoms with E-state index >= 15 is 0 Å². The van der Waals surface area contributed by atoms with E-state index < -0.39 is 0 Å². The van der Waals surface area contributed by atoms with Gasteiger partial charge in [0, 0.05) is 23.7 Å². The summed E-state index contributed by atoms with van der Waals surface area (Å²) in [5, 5.41) is 6.06. The van der Waals surface area contributed by atoms with Crippen LogP contribution < -0.4 is 10.6 Å². The summed E-state index contributed by atoms with van der Waals surface area (Å²) in [5.41, 5.74) is 9.75. The zero-order valence-corrected chi connectivity index (χ0v) is 20.3. The van der Waals surface area contributed by atoms with E-state index in [1.54, 1.807) is 4.68 Å². The third kappa shape index (κ3) is 4.79. The van der Waals surface area contributed by atoms with E-state index in [9.17, 15) is 4.79 Å². The molecular weight excluding hydrogens is 464 g/mol. The Labute approximate surface area is 208 Å². The Morgan fingerprint density at radius 3 is 2.60 bits per heavy atom. The van der Waals surface area contributed by atoms with Crippen molar-refractivity contribution < 1.29 is 9.53 Å². The summed E-state index contributed by atoms with van der Waals surface area (Å²) in [5.74, 6) is 0.851. The normalized spacial score (nSPS) is 14.4. The van der Waals surface area contributed by atoms with Crippen molar-refractivity contribution >= 4 is 40.4 Å². The van der Waals surface area contributed by atoms with Gasteiger partial charge in [0.15, 0.2) is 5.65 Å². The van der Waals surface area contributed by atoms with E-state index in [0.29, 0.717) is 72.6 Å². The van der Waals surface area contributed by atoms with E-state index in [-0.39, 0.29) is 11.9 Å². The van der Waals surface area contributed by atoms with E-state index in [1.165, 1.54) is 0 Å². The number of rotatable bonds is 6. The number of fused-ring (bicyclic) bond motifs is 1. The van der Waals surface area contributed by atoms with Gasteiger partial charge in [-0.3, -0.25) is 4.79 Å². The van der Waals surface area contributed by atoms with Crippen LogP contribution >= 0.6 is 11.6 Å². The molecule has 0 saturated carbocycles. The largest absolute Gasteiger partial charge is 0.466 e. The molecule has 1 fully saturated rings. The monoisotopic (exact) mass is 490 g/mol. The van der Waals surface area contributed by atoms with Crippen LogP contribution in [-0.4, -0.2) is 45.4 Å². The van der Waals surface area contributed by atoms with Crippen molar-refractivity contribution in [3.63, 3.8) is 0 Å². The zero-order chi connectivity index (χ0) is 24.4. The van der Waals surface area contributed by atoms with Gasteiger partial charge >= 0.3 is 5.97 Å². The smallest absolute Gasteiger partial charge is 0.309 e. The van der Waals surface area contributed by atoms with E-state index in [1.807, 2.05) is 61.5 Å². The predicted octanol–water partition coefficient (Wildman–Crippen LogP) is 4.56. The third-order valence-corrected chi connectivity index (χ3v) is 6.53. The molecule has 0 radical (unpaired) electrons. The van der Waals surface area contributed by atoms with Crippen LogP contribution in [0.2, 0.25) is 5.02 Å². The number of hydrogen-bond donors (Lipinski definition) is 1. The lowest BCUT2D eigenvalue weighted by atomic mass is 9.97. The highest BCUT2D eigenvalue weighted by atomic mass is 35.5. The zero-order valence-electron chi connectivity index (χ0n) is 19.5. The number of hydrogen-bond acceptors (Lipinski definition) is 7. The average molecular weight is 491 g/mol. The molecule has 2 aromatic carbocycles. The number of carbonyl (C=O) groups excluding carboxylic acids is 1. The quantitative estimate of drug-likeness (QED) is 0.395. The van der Waals surface area contributed by atoms with Crippen LogP contribution in [0.5, 0.6) is 0 Å². The molecule has 9 heteroatoms. The van der Waals surface area contributed by atoms with Gasteiger partial charge in [0.2, 0.25) is 5.95 Å². The number of nitrogens with two attached hydrogens (primary N) is 1. The highest BCUT2D eigenvalue weighted by molar-refractivity contribution is 6.30. The minimum atomic E-state index is -0.129. The summed E-state index contributed by atoms with van der Waals surface area (Å²) in [6, 6.07) is 17.6. The van der Waals surface area contributed by atoms with Crippen molar-refractivity contribution in [3.05, 3.63) is 65.2 Å². The van der Waals surface area contributed by atoms with Gasteiger partial charge in [0.25, 0.3) is 0 Å². The van der Waals surface area contributed by atoms with Gasteiger partial charge in [0.1, 0.15) is 5.82 Å². The minimum Gasteiger partial charge on any atom is -0.466 e. The molecule has 0 spiro atoms. The van der Waals surface area contributed by atoms with Crippen molar-refractivity contribution in [2.75, 3.05) is 30.3 Å². The Morgan fingerprint density at radius 2 is 1.89 bits per heavy atom. The van der Waals surface area contributed by atoms with Crippen molar-refractivity contribution in [1.82, 2.24) is 19.7 Å². The molecule has 0 atom stereocenters. The van der Waals surface area contributed by atoms with Crippen LogP contribution in [0, 0.1) is 5.92 Å². The standard InChI is InChI=1S/C26H27ClN6O2/c1-2-35-25(34)18-11-13-32(14-12-18)26-29-22(19-9-6-10-20(27)15-19)21-23(28)33(31-24(21)30-26)16-17-7-4-3-5-8-17/h3-10,15,18H,2,11-14,16,28H2,1H3. The van der Waals surface area contributed by atoms with Crippen LogP contribution in [0.25, 0.3) is 22.3 Å². The molecule has 2 N–H and O–H groups in total. The third-order valence-electron chi connectivity index (χ3n) is 6.30. The SMILES string of the molecule is CCOC(=O)C1CCN(c2nc(-c3cccc(Cl)c3)c3c(N)n(Cc4ccccc4)nc3n2)CC1. The van der Waals surface area contributed by atoms with Gasteiger partial charge < -0.3 is 15.4 Å². The first-order valence-electron chi connectivity index (χ1n) is 11.8. The maximum absolute atomic E-state index is 12.2. The Bertz CT molecular complexity index is 1350. The maximum Gasteiger partial charge on any atom is 0.309 e.